The minimum atomic E-state index is -3.29. The number of fused-ring (bicyclic) bond motifs is 2. The number of halogens is 2. The molecule has 0 aliphatic carbocycles. The van der Waals surface area contributed by atoms with Crippen LogP contribution in [0.3, 0.4) is 0 Å². The maximum Gasteiger partial charge on any atom is 0.276 e. The largest absolute Gasteiger partial charge is 0.483 e. The molecule has 216 valence electrons. The van der Waals surface area contributed by atoms with Crippen LogP contribution in [0, 0.1) is 11.6 Å². The number of ether oxygens (including phenoxy) is 2. The number of sulfone groups is 1. The normalized spacial score (nSPS) is 18.1. The molecule has 2 aliphatic rings. The van der Waals surface area contributed by atoms with Crippen LogP contribution in [0.4, 0.5) is 8.78 Å². The van der Waals surface area contributed by atoms with Crippen molar-refractivity contribution in [3.63, 3.8) is 0 Å². The van der Waals surface area contributed by atoms with Gasteiger partial charge in [-0.05, 0) is 18.1 Å². The highest BCUT2D eigenvalue weighted by molar-refractivity contribution is 7.90. The van der Waals surface area contributed by atoms with Gasteiger partial charge in [0.05, 0.1) is 24.9 Å². The number of pyridine rings is 1. The van der Waals surface area contributed by atoms with E-state index in [2.05, 4.69) is 5.32 Å². The van der Waals surface area contributed by atoms with E-state index in [0.717, 1.165) is 12.3 Å². The molecule has 10 nitrogen and oxygen atoms in total. The first-order valence-corrected chi connectivity index (χ1v) is 14.9. The van der Waals surface area contributed by atoms with Crippen LogP contribution in [0.15, 0.2) is 59.5 Å². The van der Waals surface area contributed by atoms with E-state index in [1.54, 1.807) is 24.3 Å². The monoisotopic (exact) mass is 587 g/mol. The third kappa shape index (κ3) is 6.15. The average Bonchev–Trinajstić information content (AvgIpc) is 3.34. The lowest BCUT2D eigenvalue weighted by atomic mass is 10.1. The third-order valence-electron chi connectivity index (χ3n) is 6.96. The quantitative estimate of drug-likeness (QED) is 0.407. The SMILES string of the molecule is CS(=O)(=O)CCC1COC2Cn3cc(C(=O)NCc4ccc(F)cc4F)c(=O)c(OCc4ccccc4)c3C(=O)N12. The van der Waals surface area contributed by atoms with Gasteiger partial charge < -0.3 is 24.3 Å². The molecular weight excluding hydrogens is 560 g/mol. The summed E-state index contributed by atoms with van der Waals surface area (Å²) in [5.41, 5.74) is -0.540. The molecule has 13 heteroatoms. The molecule has 2 aliphatic heterocycles. The number of nitrogens with zero attached hydrogens (tertiary/aromatic N) is 2. The molecule has 0 radical (unpaired) electrons. The first-order chi connectivity index (χ1) is 19.5. The first kappa shape index (κ1) is 28.4. The van der Waals surface area contributed by atoms with Crippen molar-refractivity contribution in [2.75, 3.05) is 18.6 Å². The molecule has 0 spiro atoms. The summed E-state index contributed by atoms with van der Waals surface area (Å²) in [5.74, 6) is -3.53. The van der Waals surface area contributed by atoms with Gasteiger partial charge in [0.15, 0.2) is 17.7 Å². The molecule has 0 saturated carbocycles. The fraction of sp³-hybridized carbons (Fsp3) is 0.321. The average molecular weight is 588 g/mol. The van der Waals surface area contributed by atoms with Crippen LogP contribution in [-0.4, -0.2) is 60.6 Å². The van der Waals surface area contributed by atoms with E-state index in [4.69, 9.17) is 9.47 Å². The van der Waals surface area contributed by atoms with E-state index in [1.807, 2.05) is 6.07 Å². The van der Waals surface area contributed by atoms with Crippen LogP contribution in [0.5, 0.6) is 5.75 Å². The van der Waals surface area contributed by atoms with E-state index in [1.165, 1.54) is 21.7 Å². The van der Waals surface area contributed by atoms with E-state index in [-0.39, 0.29) is 61.0 Å². The van der Waals surface area contributed by atoms with Crippen molar-refractivity contribution in [1.82, 2.24) is 14.8 Å². The smallest absolute Gasteiger partial charge is 0.276 e. The van der Waals surface area contributed by atoms with E-state index < -0.39 is 51.0 Å². The second kappa shape index (κ2) is 11.4. The zero-order valence-electron chi connectivity index (χ0n) is 22.0. The number of hydrogen-bond acceptors (Lipinski definition) is 7. The van der Waals surface area contributed by atoms with E-state index in [9.17, 15) is 31.6 Å². The number of carbonyl (C=O) groups excluding carboxylic acids is 2. The second-order valence-corrected chi connectivity index (χ2v) is 12.2. The Morgan fingerprint density at radius 1 is 1.15 bits per heavy atom. The summed E-state index contributed by atoms with van der Waals surface area (Å²) >= 11 is 0. The Bertz CT molecular complexity index is 1660. The standard InChI is InChI=1S/C28H27F2N3O7S/c1-41(37,38)10-9-20-16-39-23-14-32-13-21(27(35)31-12-18-7-8-19(29)11-22(18)30)25(34)26(24(32)28(36)33(20)23)40-15-17-5-3-2-4-6-17/h2-8,11,13,20,23H,9-10,12,14-16H2,1H3,(H,31,35). The van der Waals surface area contributed by atoms with Gasteiger partial charge in [-0.3, -0.25) is 14.4 Å². The van der Waals surface area contributed by atoms with Gasteiger partial charge >= 0.3 is 0 Å². The van der Waals surface area contributed by atoms with Gasteiger partial charge in [-0.15, -0.1) is 0 Å². The molecule has 0 bridgehead atoms. The first-order valence-electron chi connectivity index (χ1n) is 12.8. The molecule has 1 saturated heterocycles. The molecule has 41 heavy (non-hydrogen) atoms. The van der Waals surface area contributed by atoms with Crippen LogP contribution in [0.25, 0.3) is 0 Å². The van der Waals surface area contributed by atoms with Crippen LogP contribution in [0.1, 0.15) is 38.4 Å². The van der Waals surface area contributed by atoms with Gasteiger partial charge in [0.1, 0.15) is 33.6 Å². The second-order valence-electron chi connectivity index (χ2n) is 9.97. The highest BCUT2D eigenvalue weighted by Gasteiger charge is 2.45. The molecule has 1 N–H and O–H groups in total. The topological polar surface area (TPSA) is 124 Å². The number of hydrogen-bond donors (Lipinski definition) is 1. The predicted octanol–water partition coefficient (Wildman–Crippen LogP) is 2.25. The molecule has 5 rings (SSSR count). The van der Waals surface area contributed by atoms with Gasteiger partial charge in [0.2, 0.25) is 5.43 Å². The van der Waals surface area contributed by atoms with Gasteiger partial charge in [-0.2, -0.15) is 0 Å². The Hall–Kier alpha value is -4.10. The Kier molecular flexibility index (Phi) is 7.91. The summed E-state index contributed by atoms with van der Waals surface area (Å²) < 4.78 is 63.9. The summed E-state index contributed by atoms with van der Waals surface area (Å²) in [6.45, 7) is -0.209. The van der Waals surface area contributed by atoms with Crippen LogP contribution in [-0.2, 0) is 34.3 Å². The van der Waals surface area contributed by atoms with Crippen LogP contribution < -0.4 is 15.5 Å². The van der Waals surface area contributed by atoms with Gasteiger partial charge in [-0.25, -0.2) is 17.2 Å². The van der Waals surface area contributed by atoms with Crippen molar-refractivity contribution in [1.29, 1.82) is 0 Å². The summed E-state index contributed by atoms with van der Waals surface area (Å²) in [7, 11) is -3.29. The highest BCUT2D eigenvalue weighted by atomic mass is 32.2. The van der Waals surface area contributed by atoms with Crippen molar-refractivity contribution in [2.24, 2.45) is 0 Å². The lowest BCUT2D eigenvalue weighted by Crippen LogP contribution is -2.50. The molecule has 3 aromatic rings. The molecule has 2 atom stereocenters. The zero-order chi connectivity index (χ0) is 29.3. The van der Waals surface area contributed by atoms with Gasteiger partial charge in [-0.1, -0.05) is 36.4 Å². The molecular formula is C28H27F2N3O7S. The predicted molar refractivity (Wildman–Crippen MR) is 143 cm³/mol. The molecule has 1 aromatic heterocycles. The number of amides is 2. The molecule has 2 amide bonds. The van der Waals surface area contributed by atoms with Crippen molar-refractivity contribution in [2.45, 2.75) is 38.4 Å². The van der Waals surface area contributed by atoms with Crippen molar-refractivity contribution in [3.05, 3.63) is 99.0 Å². The third-order valence-corrected chi connectivity index (χ3v) is 7.94. The summed E-state index contributed by atoms with van der Waals surface area (Å²) in [4.78, 5) is 41.9. The Morgan fingerprint density at radius 2 is 1.90 bits per heavy atom. The maximum atomic E-state index is 14.1. The maximum absolute atomic E-state index is 14.1. The number of rotatable bonds is 9. The Morgan fingerprint density at radius 3 is 2.61 bits per heavy atom. The molecule has 1 fully saturated rings. The Labute approximate surface area is 234 Å². The number of benzene rings is 2. The van der Waals surface area contributed by atoms with Crippen LogP contribution in [0.2, 0.25) is 0 Å². The van der Waals surface area contributed by atoms with Gasteiger partial charge in [0, 0.05) is 30.6 Å². The number of carbonyl (C=O) groups is 2. The lowest BCUT2D eigenvalue weighted by molar-refractivity contribution is 0.00543. The van der Waals surface area contributed by atoms with Gasteiger partial charge in [0.25, 0.3) is 11.8 Å². The summed E-state index contributed by atoms with van der Waals surface area (Å²) in [6, 6.07) is 11.3. The fourth-order valence-corrected chi connectivity index (χ4v) is 5.58. The summed E-state index contributed by atoms with van der Waals surface area (Å²) in [6.07, 6.45) is 1.76. The minimum absolute atomic E-state index is 0.0173. The Balaban J connectivity index is 1.48. The highest BCUT2D eigenvalue weighted by Crippen LogP contribution is 2.32. The van der Waals surface area contributed by atoms with E-state index >= 15 is 0 Å². The van der Waals surface area contributed by atoms with Crippen molar-refractivity contribution < 1.29 is 36.3 Å². The molecule has 3 heterocycles. The number of aromatic nitrogens is 1. The fourth-order valence-electron chi connectivity index (χ4n) is 4.88. The number of nitrogens with one attached hydrogen (secondary N) is 1. The van der Waals surface area contributed by atoms with Crippen molar-refractivity contribution in [3.8, 4) is 5.75 Å². The molecule has 2 unspecified atom stereocenters. The minimum Gasteiger partial charge on any atom is -0.483 e. The van der Waals surface area contributed by atoms with Crippen LogP contribution >= 0.6 is 0 Å². The zero-order valence-corrected chi connectivity index (χ0v) is 22.8. The lowest BCUT2D eigenvalue weighted by Gasteiger charge is -2.35. The molecule has 2 aromatic carbocycles. The van der Waals surface area contributed by atoms with Crippen molar-refractivity contribution >= 4 is 21.7 Å². The van der Waals surface area contributed by atoms with E-state index in [0.29, 0.717) is 11.6 Å². The summed E-state index contributed by atoms with van der Waals surface area (Å²) in [5, 5.41) is 2.47.